The summed E-state index contributed by atoms with van der Waals surface area (Å²) in [5.41, 5.74) is 3.17. The van der Waals surface area contributed by atoms with Gasteiger partial charge in [-0.3, -0.25) is 9.59 Å². The first-order valence-electron chi connectivity index (χ1n) is 10.2. The van der Waals surface area contributed by atoms with Crippen molar-refractivity contribution < 1.29 is 9.59 Å². The highest BCUT2D eigenvalue weighted by Gasteiger charge is 2.28. The molecule has 2 aromatic rings. The highest BCUT2D eigenvalue weighted by molar-refractivity contribution is 5.88. The molecule has 2 aromatic carbocycles. The van der Waals surface area contributed by atoms with E-state index in [2.05, 4.69) is 5.32 Å². The minimum absolute atomic E-state index is 0.0245. The van der Waals surface area contributed by atoms with Gasteiger partial charge in [0.05, 0.1) is 6.42 Å². The van der Waals surface area contributed by atoms with Crippen LogP contribution in [0.3, 0.4) is 0 Å². The van der Waals surface area contributed by atoms with Crippen LogP contribution in [-0.2, 0) is 22.6 Å². The molecule has 1 saturated carbocycles. The third-order valence-electron chi connectivity index (χ3n) is 5.67. The minimum atomic E-state index is -0.503. The van der Waals surface area contributed by atoms with E-state index in [-0.39, 0.29) is 17.9 Å². The van der Waals surface area contributed by atoms with E-state index in [1.165, 1.54) is 12.8 Å². The maximum absolute atomic E-state index is 13.2. The fraction of sp³-hybridized carbons (Fsp3) is 0.417. The average Bonchev–Trinajstić information content (AvgIpc) is 3.20. The Labute approximate surface area is 167 Å². The lowest BCUT2D eigenvalue weighted by molar-refractivity contribution is -0.140. The van der Waals surface area contributed by atoms with Crippen molar-refractivity contribution in [3.8, 4) is 0 Å². The van der Waals surface area contributed by atoms with Crippen molar-refractivity contribution in [2.75, 3.05) is 0 Å². The second kappa shape index (κ2) is 9.54. The molecule has 1 aliphatic carbocycles. The first-order chi connectivity index (χ1) is 13.5. The second-order valence-electron chi connectivity index (χ2n) is 7.78. The molecule has 0 saturated heterocycles. The molecule has 0 aromatic heterocycles. The van der Waals surface area contributed by atoms with Crippen LogP contribution in [0.2, 0.25) is 0 Å². The van der Waals surface area contributed by atoms with Crippen LogP contribution in [0.15, 0.2) is 54.6 Å². The van der Waals surface area contributed by atoms with E-state index in [1.54, 1.807) is 4.90 Å². The molecule has 148 valence electrons. The predicted octanol–water partition coefficient (Wildman–Crippen LogP) is 4.01. The van der Waals surface area contributed by atoms with Gasteiger partial charge < -0.3 is 10.2 Å². The Morgan fingerprint density at radius 2 is 1.68 bits per heavy atom. The first-order valence-corrected chi connectivity index (χ1v) is 10.2. The number of nitrogens with zero attached hydrogens (tertiary/aromatic N) is 1. The lowest BCUT2D eigenvalue weighted by Crippen LogP contribution is -2.50. The number of amides is 2. The van der Waals surface area contributed by atoms with Crippen LogP contribution in [0.4, 0.5) is 0 Å². The summed E-state index contributed by atoms with van der Waals surface area (Å²) in [7, 11) is 0. The summed E-state index contributed by atoms with van der Waals surface area (Å²) in [4.78, 5) is 27.7. The van der Waals surface area contributed by atoms with E-state index in [0.29, 0.717) is 13.0 Å². The van der Waals surface area contributed by atoms with Gasteiger partial charge in [-0.05, 0) is 43.4 Å². The molecule has 4 heteroatoms. The highest BCUT2D eigenvalue weighted by Crippen LogP contribution is 2.19. The van der Waals surface area contributed by atoms with Crippen molar-refractivity contribution in [1.82, 2.24) is 10.2 Å². The highest BCUT2D eigenvalue weighted by atomic mass is 16.2. The third kappa shape index (κ3) is 5.22. The number of rotatable bonds is 7. The number of hydrogen-bond donors (Lipinski definition) is 1. The Kier molecular flexibility index (Phi) is 6.85. The van der Waals surface area contributed by atoms with E-state index < -0.39 is 6.04 Å². The van der Waals surface area contributed by atoms with Crippen LogP contribution in [-0.4, -0.2) is 28.8 Å². The summed E-state index contributed by atoms with van der Waals surface area (Å²) in [6.45, 7) is 4.32. The van der Waals surface area contributed by atoms with Crippen molar-refractivity contribution >= 4 is 11.8 Å². The summed E-state index contributed by atoms with van der Waals surface area (Å²) >= 11 is 0. The number of carbonyl (C=O) groups excluding carboxylic acids is 2. The van der Waals surface area contributed by atoms with Crippen LogP contribution in [0.5, 0.6) is 0 Å². The van der Waals surface area contributed by atoms with Crippen molar-refractivity contribution in [1.29, 1.82) is 0 Å². The number of aryl methyl sites for hydroxylation is 1. The predicted molar refractivity (Wildman–Crippen MR) is 112 cm³/mol. The molecule has 0 aliphatic heterocycles. The zero-order valence-corrected chi connectivity index (χ0v) is 16.9. The maximum Gasteiger partial charge on any atom is 0.242 e. The van der Waals surface area contributed by atoms with Gasteiger partial charge in [0, 0.05) is 12.6 Å². The number of hydrogen-bond acceptors (Lipinski definition) is 2. The van der Waals surface area contributed by atoms with Gasteiger partial charge >= 0.3 is 0 Å². The molecule has 0 bridgehead atoms. The fourth-order valence-electron chi connectivity index (χ4n) is 3.82. The molecule has 0 radical (unpaired) electrons. The molecule has 2 amide bonds. The Hall–Kier alpha value is -2.62. The molecule has 1 fully saturated rings. The maximum atomic E-state index is 13.2. The van der Waals surface area contributed by atoms with Gasteiger partial charge in [0.15, 0.2) is 0 Å². The van der Waals surface area contributed by atoms with Gasteiger partial charge in [0.25, 0.3) is 0 Å². The molecule has 0 heterocycles. The second-order valence-corrected chi connectivity index (χ2v) is 7.78. The van der Waals surface area contributed by atoms with Crippen molar-refractivity contribution in [2.24, 2.45) is 0 Å². The van der Waals surface area contributed by atoms with Crippen molar-refractivity contribution in [3.63, 3.8) is 0 Å². The van der Waals surface area contributed by atoms with Crippen LogP contribution in [0.25, 0.3) is 0 Å². The minimum Gasteiger partial charge on any atom is -0.352 e. The van der Waals surface area contributed by atoms with Crippen molar-refractivity contribution in [3.05, 3.63) is 71.3 Å². The van der Waals surface area contributed by atoms with Gasteiger partial charge in [-0.1, -0.05) is 67.4 Å². The molecular formula is C24H30N2O2. The third-order valence-corrected chi connectivity index (χ3v) is 5.67. The molecule has 1 N–H and O–H groups in total. The smallest absolute Gasteiger partial charge is 0.242 e. The molecular weight excluding hydrogens is 348 g/mol. The monoisotopic (exact) mass is 378 g/mol. The SMILES string of the molecule is Cc1ccccc1CN(C(=O)Cc1ccccc1)[C@@H](C)C(=O)NC1CCCC1. The van der Waals surface area contributed by atoms with Gasteiger partial charge in [-0.25, -0.2) is 0 Å². The average molecular weight is 379 g/mol. The molecule has 0 unspecified atom stereocenters. The Morgan fingerprint density at radius 3 is 2.36 bits per heavy atom. The first kappa shape index (κ1) is 20.1. The van der Waals surface area contributed by atoms with E-state index in [4.69, 9.17) is 0 Å². The molecule has 0 spiro atoms. The molecule has 4 nitrogen and oxygen atoms in total. The van der Waals surface area contributed by atoms with E-state index in [9.17, 15) is 9.59 Å². The van der Waals surface area contributed by atoms with E-state index in [0.717, 1.165) is 29.5 Å². The molecule has 3 rings (SSSR count). The van der Waals surface area contributed by atoms with Gasteiger partial charge in [0.1, 0.15) is 6.04 Å². The Bertz CT molecular complexity index is 797. The van der Waals surface area contributed by atoms with Gasteiger partial charge in [-0.2, -0.15) is 0 Å². The quantitative estimate of drug-likeness (QED) is 0.791. The summed E-state index contributed by atoms with van der Waals surface area (Å²) in [5.74, 6) is -0.0783. The lowest BCUT2D eigenvalue weighted by Gasteiger charge is -2.30. The molecule has 1 aliphatic rings. The number of benzene rings is 2. The molecule has 1 atom stereocenters. The summed E-state index contributed by atoms with van der Waals surface area (Å²) < 4.78 is 0. The summed E-state index contributed by atoms with van der Waals surface area (Å²) in [6.07, 6.45) is 4.70. The van der Waals surface area contributed by atoms with E-state index >= 15 is 0 Å². The zero-order valence-electron chi connectivity index (χ0n) is 16.9. The normalized spacial score (nSPS) is 15.2. The lowest BCUT2D eigenvalue weighted by atomic mass is 10.1. The van der Waals surface area contributed by atoms with Crippen LogP contribution in [0.1, 0.15) is 49.3 Å². The Morgan fingerprint density at radius 1 is 1.04 bits per heavy atom. The van der Waals surface area contributed by atoms with Gasteiger partial charge in [0.2, 0.25) is 11.8 Å². The Balaban J connectivity index is 1.77. The van der Waals surface area contributed by atoms with Crippen LogP contribution >= 0.6 is 0 Å². The van der Waals surface area contributed by atoms with Crippen molar-refractivity contribution in [2.45, 2.75) is 64.6 Å². The summed E-state index contributed by atoms with van der Waals surface area (Å²) in [5, 5.41) is 3.15. The molecule has 28 heavy (non-hydrogen) atoms. The standard InChI is InChI=1S/C24H30N2O2/c1-18-10-6-7-13-21(18)17-26(23(27)16-20-11-4-3-5-12-20)19(2)24(28)25-22-14-8-9-15-22/h3-7,10-13,19,22H,8-9,14-17H2,1-2H3,(H,25,28)/t19-/m0/s1. The van der Waals surface area contributed by atoms with Crippen LogP contribution in [0, 0.1) is 6.92 Å². The number of nitrogens with one attached hydrogen (secondary N) is 1. The number of carbonyl (C=O) groups is 2. The largest absolute Gasteiger partial charge is 0.352 e. The topological polar surface area (TPSA) is 49.4 Å². The van der Waals surface area contributed by atoms with E-state index in [1.807, 2.05) is 68.4 Å². The zero-order chi connectivity index (χ0) is 19.9. The summed E-state index contributed by atoms with van der Waals surface area (Å²) in [6, 6.07) is 17.5. The fourth-order valence-corrected chi connectivity index (χ4v) is 3.82. The van der Waals surface area contributed by atoms with Crippen LogP contribution < -0.4 is 5.32 Å². The van der Waals surface area contributed by atoms with Gasteiger partial charge in [-0.15, -0.1) is 0 Å².